The summed E-state index contributed by atoms with van der Waals surface area (Å²) in [6.45, 7) is 3.84. The molecule has 3 N–H and O–H groups in total. The zero-order chi connectivity index (χ0) is 19.6. The van der Waals surface area contributed by atoms with Gasteiger partial charge in [-0.05, 0) is 35.9 Å². The lowest BCUT2D eigenvalue weighted by atomic mass is 9.88. The molecule has 0 saturated carbocycles. The van der Waals surface area contributed by atoms with Crippen molar-refractivity contribution in [1.82, 2.24) is 10.6 Å². The van der Waals surface area contributed by atoms with Gasteiger partial charge in [-0.25, -0.2) is 4.79 Å². The lowest BCUT2D eigenvalue weighted by Crippen LogP contribution is -2.51. The molecule has 27 heavy (non-hydrogen) atoms. The number of urea groups is 1. The molecule has 0 bridgehead atoms. The molecular weight excluding hydrogens is 389 g/mol. The molecule has 1 saturated heterocycles. The van der Waals surface area contributed by atoms with E-state index in [0.29, 0.717) is 22.0 Å². The van der Waals surface area contributed by atoms with Crippen LogP contribution in [0.1, 0.15) is 11.6 Å². The van der Waals surface area contributed by atoms with Gasteiger partial charge in [0.2, 0.25) is 5.91 Å². The van der Waals surface area contributed by atoms with Crippen molar-refractivity contribution in [3.8, 4) is 5.75 Å². The summed E-state index contributed by atoms with van der Waals surface area (Å²) in [7, 11) is 1.56. The van der Waals surface area contributed by atoms with Gasteiger partial charge < -0.3 is 20.7 Å². The first kappa shape index (κ1) is 19.1. The van der Waals surface area contributed by atoms with Crippen LogP contribution in [0, 0.1) is 5.92 Å². The van der Waals surface area contributed by atoms with Crippen LogP contribution in [0.25, 0.3) is 0 Å². The number of halogens is 2. The smallest absolute Gasteiger partial charge is 0.319 e. The largest absolute Gasteiger partial charge is 0.497 e. The number of hydrogen-bond donors (Lipinski definition) is 3. The summed E-state index contributed by atoms with van der Waals surface area (Å²) in [6, 6.07) is 10.8. The average molecular weight is 406 g/mol. The topological polar surface area (TPSA) is 79.5 Å². The van der Waals surface area contributed by atoms with Gasteiger partial charge in [-0.1, -0.05) is 41.9 Å². The van der Waals surface area contributed by atoms with Gasteiger partial charge in [0.1, 0.15) is 11.7 Å². The van der Waals surface area contributed by atoms with Crippen molar-refractivity contribution in [2.24, 2.45) is 5.92 Å². The summed E-state index contributed by atoms with van der Waals surface area (Å²) in [4.78, 5) is 24.9. The highest BCUT2D eigenvalue weighted by Gasteiger charge is 2.39. The molecule has 1 heterocycles. The van der Waals surface area contributed by atoms with Crippen LogP contribution in [0.2, 0.25) is 10.0 Å². The highest BCUT2D eigenvalue weighted by Crippen LogP contribution is 2.37. The summed E-state index contributed by atoms with van der Waals surface area (Å²) >= 11 is 12.4. The Morgan fingerprint density at radius 3 is 2.56 bits per heavy atom. The normalized spacial score (nSPS) is 19.1. The Hall–Kier alpha value is -2.70. The highest BCUT2D eigenvalue weighted by molar-refractivity contribution is 6.42. The summed E-state index contributed by atoms with van der Waals surface area (Å²) < 4.78 is 5.11. The van der Waals surface area contributed by atoms with Gasteiger partial charge in [0.05, 0.1) is 23.2 Å². The van der Waals surface area contributed by atoms with E-state index in [9.17, 15) is 9.59 Å². The number of anilines is 1. The number of hydrogen-bond acceptors (Lipinski definition) is 3. The van der Waals surface area contributed by atoms with E-state index in [1.54, 1.807) is 49.6 Å². The molecule has 2 aromatic carbocycles. The first-order valence-corrected chi connectivity index (χ1v) is 8.81. The van der Waals surface area contributed by atoms with Crippen molar-refractivity contribution in [3.05, 3.63) is 70.3 Å². The minimum Gasteiger partial charge on any atom is -0.497 e. The van der Waals surface area contributed by atoms with Gasteiger partial charge in [-0.2, -0.15) is 0 Å². The molecule has 140 valence electrons. The maximum Gasteiger partial charge on any atom is 0.319 e. The van der Waals surface area contributed by atoms with Crippen molar-refractivity contribution in [2.75, 3.05) is 12.4 Å². The first-order chi connectivity index (χ1) is 12.9. The number of amides is 3. The van der Waals surface area contributed by atoms with Crippen LogP contribution >= 0.6 is 23.2 Å². The van der Waals surface area contributed by atoms with Crippen LogP contribution in [0.4, 0.5) is 10.5 Å². The van der Waals surface area contributed by atoms with Gasteiger partial charge in [0, 0.05) is 11.4 Å². The number of rotatable bonds is 4. The number of carbonyl (C=O) groups is 2. The van der Waals surface area contributed by atoms with Crippen LogP contribution in [-0.4, -0.2) is 19.0 Å². The van der Waals surface area contributed by atoms with Crippen molar-refractivity contribution in [3.63, 3.8) is 0 Å². The molecule has 2 aromatic rings. The fourth-order valence-electron chi connectivity index (χ4n) is 2.91. The zero-order valence-electron chi connectivity index (χ0n) is 14.4. The van der Waals surface area contributed by atoms with E-state index in [0.717, 1.165) is 0 Å². The predicted octanol–water partition coefficient (Wildman–Crippen LogP) is 4.12. The monoisotopic (exact) mass is 405 g/mol. The van der Waals surface area contributed by atoms with Crippen LogP contribution < -0.4 is 20.7 Å². The molecule has 8 heteroatoms. The molecular formula is C19H17Cl2N3O3. The van der Waals surface area contributed by atoms with Gasteiger partial charge in [-0.3, -0.25) is 4.79 Å². The van der Waals surface area contributed by atoms with Crippen LogP contribution in [0.3, 0.4) is 0 Å². The molecule has 3 amide bonds. The van der Waals surface area contributed by atoms with Crippen LogP contribution in [-0.2, 0) is 4.79 Å². The maximum absolute atomic E-state index is 12.9. The average Bonchev–Trinajstić information content (AvgIpc) is 2.64. The predicted molar refractivity (Wildman–Crippen MR) is 105 cm³/mol. The van der Waals surface area contributed by atoms with E-state index in [4.69, 9.17) is 27.9 Å². The fraction of sp³-hybridized carbons (Fsp3) is 0.158. The van der Waals surface area contributed by atoms with Gasteiger partial charge in [0.25, 0.3) is 0 Å². The minimum atomic E-state index is -0.791. The molecule has 3 rings (SSSR count). The van der Waals surface area contributed by atoms with Gasteiger partial charge >= 0.3 is 6.03 Å². The highest BCUT2D eigenvalue weighted by atomic mass is 35.5. The molecule has 0 unspecified atom stereocenters. The Labute approximate surface area is 166 Å². The minimum absolute atomic E-state index is 0.269. The van der Waals surface area contributed by atoms with Gasteiger partial charge in [0.15, 0.2) is 0 Å². The molecule has 0 spiro atoms. The van der Waals surface area contributed by atoms with E-state index in [1.165, 1.54) is 0 Å². The second-order valence-corrected chi connectivity index (χ2v) is 6.73. The standard InChI is InChI=1S/C19H17Cl2N3O3/c1-10-15(18(25)23-11-6-8-12(27-2)9-7-11)17(24-19(26)22-10)13-4-3-5-14(20)16(13)21/h3-9,15,17H,1H2,2H3,(H,23,25)(H2,22,24,26)/t15-,17-/m0/s1. The van der Waals surface area contributed by atoms with Crippen molar-refractivity contribution >= 4 is 40.8 Å². The van der Waals surface area contributed by atoms with E-state index < -0.39 is 18.0 Å². The number of carbonyl (C=O) groups excluding carboxylic acids is 2. The summed E-state index contributed by atoms with van der Waals surface area (Å²) in [5, 5.41) is 8.71. The summed E-state index contributed by atoms with van der Waals surface area (Å²) in [6.07, 6.45) is 0. The molecule has 1 aliphatic heterocycles. The Kier molecular flexibility index (Phi) is 5.58. The molecule has 6 nitrogen and oxygen atoms in total. The fourth-order valence-corrected chi connectivity index (χ4v) is 3.33. The molecule has 2 atom stereocenters. The molecule has 0 aliphatic carbocycles. The van der Waals surface area contributed by atoms with Crippen molar-refractivity contribution in [1.29, 1.82) is 0 Å². The molecule has 0 radical (unpaired) electrons. The SMILES string of the molecule is C=C1NC(=O)N[C@@H](c2cccc(Cl)c2Cl)[C@H]1C(=O)Nc1ccc(OC)cc1. The molecule has 1 aliphatic rings. The van der Waals surface area contributed by atoms with E-state index in [1.807, 2.05) is 0 Å². The number of methoxy groups -OCH3 is 1. The quantitative estimate of drug-likeness (QED) is 0.715. The Bertz CT molecular complexity index is 900. The third-order valence-electron chi connectivity index (χ3n) is 4.23. The Balaban J connectivity index is 1.91. The van der Waals surface area contributed by atoms with Gasteiger partial charge in [-0.15, -0.1) is 0 Å². The Morgan fingerprint density at radius 2 is 1.89 bits per heavy atom. The second-order valence-electron chi connectivity index (χ2n) is 5.94. The van der Waals surface area contributed by atoms with E-state index in [2.05, 4.69) is 22.5 Å². The summed E-state index contributed by atoms with van der Waals surface area (Å²) in [5.74, 6) is -0.466. The third kappa shape index (κ3) is 4.02. The number of benzene rings is 2. The molecule has 0 aromatic heterocycles. The first-order valence-electron chi connectivity index (χ1n) is 8.06. The lowest BCUT2D eigenvalue weighted by Gasteiger charge is -2.34. The summed E-state index contributed by atoms with van der Waals surface area (Å²) in [5.41, 5.74) is 1.39. The number of nitrogens with one attached hydrogen (secondary N) is 3. The van der Waals surface area contributed by atoms with E-state index in [-0.39, 0.29) is 16.6 Å². The van der Waals surface area contributed by atoms with Crippen LogP contribution in [0.15, 0.2) is 54.7 Å². The van der Waals surface area contributed by atoms with Crippen molar-refractivity contribution in [2.45, 2.75) is 6.04 Å². The third-order valence-corrected chi connectivity index (χ3v) is 5.06. The second kappa shape index (κ2) is 7.90. The zero-order valence-corrected chi connectivity index (χ0v) is 15.9. The molecule has 1 fully saturated rings. The Morgan fingerprint density at radius 1 is 1.19 bits per heavy atom. The number of ether oxygens (including phenoxy) is 1. The van der Waals surface area contributed by atoms with Crippen LogP contribution in [0.5, 0.6) is 5.75 Å². The lowest BCUT2D eigenvalue weighted by molar-refractivity contribution is -0.119. The van der Waals surface area contributed by atoms with Crippen molar-refractivity contribution < 1.29 is 14.3 Å². The maximum atomic E-state index is 12.9. The van der Waals surface area contributed by atoms with E-state index >= 15 is 0 Å².